The predicted octanol–water partition coefficient (Wildman–Crippen LogP) is 8.27. The Balaban J connectivity index is 0.000000917. The molecule has 0 fully saturated rings. The molecule has 0 aliphatic carbocycles. The maximum absolute atomic E-state index is 12.4. The molecule has 0 radical (unpaired) electrons. The fourth-order valence-corrected chi connectivity index (χ4v) is 5.67. The average molecular weight is 708 g/mol. The third kappa shape index (κ3) is 13.3. The largest absolute Gasteiger partial charge is 0.444 e. The molecule has 1 aromatic carbocycles. The minimum Gasteiger partial charge on any atom is -0.444 e. The molecule has 4 amide bonds. The number of fused-ring (bicyclic) bond motifs is 1. The summed E-state index contributed by atoms with van der Waals surface area (Å²) >= 11 is 2.70. The standard InChI is InChI=1S/C19H21N3O4S.C11H18N2O3S.C2H6.2CH4/c1-11-14(20-17(27-11)21-18(25)26-19(2,3)4)9-10-22-15(23)12-7-5-6-8-13(12)16(22)24;1-7-8(5-6-14)12-9(17-7)13-10(15)16-11(2,3)4;1-2;;/h5-8H,9-10H2,1-4H3,(H,20,21,25);14H,5-6H2,1-4H3,(H,12,13,15);1-2H3;2*1H4. The summed E-state index contributed by atoms with van der Waals surface area (Å²) in [5.41, 5.74) is 1.30. The normalized spacial score (nSPS) is 11.9. The highest BCUT2D eigenvalue weighted by Crippen LogP contribution is 2.26. The van der Waals surface area contributed by atoms with Crippen LogP contribution in [0.15, 0.2) is 24.3 Å². The molecule has 4 rings (SSSR count). The number of imide groups is 1. The van der Waals surface area contributed by atoms with Gasteiger partial charge in [-0.15, -0.1) is 22.7 Å². The molecule has 2 aromatic heterocycles. The van der Waals surface area contributed by atoms with Crippen LogP contribution in [0.1, 0.15) is 112 Å². The van der Waals surface area contributed by atoms with Gasteiger partial charge in [-0.05, 0) is 67.5 Å². The first-order chi connectivity index (χ1) is 21.5. The Kier molecular flexibility index (Phi) is 17.6. The van der Waals surface area contributed by atoms with E-state index in [4.69, 9.17) is 14.6 Å². The Bertz CT molecular complexity index is 1490. The smallest absolute Gasteiger partial charge is 0.413 e. The van der Waals surface area contributed by atoms with Crippen molar-refractivity contribution in [1.82, 2.24) is 14.9 Å². The summed E-state index contributed by atoms with van der Waals surface area (Å²) in [7, 11) is 0. The second-order valence-electron chi connectivity index (χ2n) is 11.8. The van der Waals surface area contributed by atoms with Crippen LogP contribution in [0.3, 0.4) is 0 Å². The van der Waals surface area contributed by atoms with Crippen molar-refractivity contribution < 1.29 is 33.8 Å². The Labute approximate surface area is 293 Å². The van der Waals surface area contributed by atoms with Crippen LogP contribution in [0.5, 0.6) is 0 Å². The zero-order chi connectivity index (χ0) is 34.8. The number of aliphatic hydroxyl groups excluding tert-OH is 1. The molecule has 0 saturated carbocycles. The van der Waals surface area contributed by atoms with Crippen LogP contribution in [0.25, 0.3) is 0 Å². The molecule has 0 bridgehead atoms. The van der Waals surface area contributed by atoms with Crippen LogP contribution in [0.4, 0.5) is 19.9 Å². The third-order valence-electron chi connectivity index (χ3n) is 5.80. The van der Waals surface area contributed by atoms with E-state index in [2.05, 4.69) is 20.6 Å². The van der Waals surface area contributed by atoms with E-state index in [0.29, 0.717) is 34.2 Å². The third-order valence-corrected chi connectivity index (χ3v) is 7.66. The van der Waals surface area contributed by atoms with Crippen LogP contribution in [0.2, 0.25) is 0 Å². The Morgan fingerprint density at radius 3 is 1.50 bits per heavy atom. The Hall–Kier alpha value is -3.88. The number of hydrogen-bond donors (Lipinski definition) is 3. The van der Waals surface area contributed by atoms with E-state index < -0.39 is 23.4 Å². The molecule has 268 valence electrons. The molecule has 48 heavy (non-hydrogen) atoms. The summed E-state index contributed by atoms with van der Waals surface area (Å²) in [4.78, 5) is 59.9. The highest BCUT2D eigenvalue weighted by molar-refractivity contribution is 7.16. The molecule has 1 aliphatic heterocycles. The molecular weight excluding hydrogens is 655 g/mol. The second-order valence-corrected chi connectivity index (χ2v) is 14.2. The molecule has 3 N–H and O–H groups in total. The zero-order valence-electron chi connectivity index (χ0n) is 28.2. The van der Waals surface area contributed by atoms with Gasteiger partial charge in [0.1, 0.15) is 11.2 Å². The molecule has 3 aromatic rings. The number of ether oxygens (including phenoxy) is 2. The zero-order valence-corrected chi connectivity index (χ0v) is 29.8. The number of hydrogen-bond acceptors (Lipinski definition) is 11. The van der Waals surface area contributed by atoms with Gasteiger partial charge >= 0.3 is 12.2 Å². The lowest BCUT2D eigenvalue weighted by Gasteiger charge is -2.18. The lowest BCUT2D eigenvalue weighted by atomic mass is 10.1. The van der Waals surface area contributed by atoms with Crippen molar-refractivity contribution >= 4 is 56.9 Å². The molecule has 3 heterocycles. The van der Waals surface area contributed by atoms with E-state index in [1.165, 1.54) is 27.6 Å². The SMILES string of the molecule is C.C.CC.Cc1sc(NC(=O)OC(C)(C)C)nc1CCN1C(=O)c2ccccc2C1=O.Cc1sc(NC(=O)OC(C)(C)C)nc1CCO. The average Bonchev–Trinajstić information content (AvgIpc) is 3.55. The quantitative estimate of drug-likeness (QED) is 0.205. The van der Waals surface area contributed by atoms with Gasteiger partial charge in [0.25, 0.3) is 11.8 Å². The van der Waals surface area contributed by atoms with E-state index in [9.17, 15) is 19.2 Å². The van der Waals surface area contributed by atoms with Crippen molar-refractivity contribution in [2.45, 2.75) is 108 Å². The maximum Gasteiger partial charge on any atom is 0.413 e. The minimum absolute atomic E-state index is 0. The fraction of sp³-hybridized carbons (Fsp3) is 0.529. The number of amides is 4. The Morgan fingerprint density at radius 1 is 0.771 bits per heavy atom. The second kappa shape index (κ2) is 19.2. The Morgan fingerprint density at radius 2 is 1.15 bits per heavy atom. The topological polar surface area (TPSA) is 160 Å². The first-order valence-corrected chi connectivity index (χ1v) is 16.6. The summed E-state index contributed by atoms with van der Waals surface area (Å²) < 4.78 is 10.3. The van der Waals surface area contributed by atoms with Crippen LogP contribution in [-0.4, -0.2) is 68.3 Å². The fourth-order valence-electron chi connectivity index (χ4n) is 3.97. The number of nitrogens with one attached hydrogen (secondary N) is 2. The molecule has 14 heteroatoms. The first kappa shape index (κ1) is 44.1. The van der Waals surface area contributed by atoms with Crippen LogP contribution >= 0.6 is 22.7 Å². The number of carbonyl (C=O) groups excluding carboxylic acids is 4. The molecule has 0 unspecified atom stereocenters. The van der Waals surface area contributed by atoms with Gasteiger partial charge in [-0.1, -0.05) is 40.8 Å². The number of aryl methyl sites for hydroxylation is 2. The van der Waals surface area contributed by atoms with Gasteiger partial charge in [0.15, 0.2) is 10.3 Å². The van der Waals surface area contributed by atoms with Crippen molar-refractivity contribution in [3.63, 3.8) is 0 Å². The first-order valence-electron chi connectivity index (χ1n) is 15.0. The highest BCUT2D eigenvalue weighted by Gasteiger charge is 2.35. The number of aromatic nitrogens is 2. The van der Waals surface area contributed by atoms with Crippen molar-refractivity contribution in [2.75, 3.05) is 23.8 Å². The molecule has 0 saturated heterocycles. The molecule has 12 nitrogen and oxygen atoms in total. The number of thiazole rings is 2. The molecule has 0 atom stereocenters. The number of nitrogens with zero attached hydrogens (tertiary/aromatic N) is 3. The number of aliphatic hydroxyl groups is 1. The van der Waals surface area contributed by atoms with Gasteiger partial charge < -0.3 is 14.6 Å². The maximum atomic E-state index is 12.4. The van der Waals surface area contributed by atoms with Gasteiger partial charge in [-0.3, -0.25) is 25.1 Å². The predicted molar refractivity (Wildman–Crippen MR) is 195 cm³/mol. The van der Waals surface area contributed by atoms with E-state index in [-0.39, 0.29) is 39.8 Å². The number of rotatable bonds is 7. The number of carbonyl (C=O) groups is 4. The van der Waals surface area contributed by atoms with Gasteiger partial charge in [0.2, 0.25) is 0 Å². The van der Waals surface area contributed by atoms with E-state index in [1.54, 1.807) is 65.8 Å². The van der Waals surface area contributed by atoms with Crippen LogP contribution < -0.4 is 10.6 Å². The van der Waals surface area contributed by atoms with Gasteiger partial charge in [-0.25, -0.2) is 19.6 Å². The van der Waals surface area contributed by atoms with E-state index >= 15 is 0 Å². The van der Waals surface area contributed by atoms with Crippen molar-refractivity contribution in [3.05, 3.63) is 56.5 Å². The van der Waals surface area contributed by atoms with Crippen LogP contribution in [-0.2, 0) is 22.3 Å². The van der Waals surface area contributed by atoms with Gasteiger partial charge in [0.05, 0.1) is 22.5 Å². The lowest BCUT2D eigenvalue weighted by molar-refractivity contribution is 0.0624. The van der Waals surface area contributed by atoms with Crippen molar-refractivity contribution in [3.8, 4) is 0 Å². The molecular formula is C34H53N5O7S2. The summed E-state index contributed by atoms with van der Waals surface area (Å²) in [6.07, 6.45) is -0.160. The summed E-state index contributed by atoms with van der Waals surface area (Å²) in [6.45, 7) is 18.8. The summed E-state index contributed by atoms with van der Waals surface area (Å²) in [6, 6.07) is 6.80. The van der Waals surface area contributed by atoms with E-state index in [0.717, 1.165) is 21.1 Å². The molecule has 0 spiro atoms. The van der Waals surface area contributed by atoms with Crippen molar-refractivity contribution in [1.29, 1.82) is 0 Å². The van der Waals surface area contributed by atoms with Crippen molar-refractivity contribution in [2.24, 2.45) is 0 Å². The lowest BCUT2D eigenvalue weighted by Crippen LogP contribution is -2.31. The summed E-state index contributed by atoms with van der Waals surface area (Å²) in [5, 5.41) is 15.0. The highest BCUT2D eigenvalue weighted by atomic mass is 32.1. The van der Waals surface area contributed by atoms with Gasteiger partial charge in [-0.2, -0.15) is 0 Å². The van der Waals surface area contributed by atoms with Crippen LogP contribution in [0, 0.1) is 13.8 Å². The number of anilines is 2. The molecule has 1 aliphatic rings. The van der Waals surface area contributed by atoms with Gasteiger partial charge in [0, 0.05) is 35.7 Å². The number of benzene rings is 1. The minimum atomic E-state index is -0.593. The monoisotopic (exact) mass is 707 g/mol. The summed E-state index contributed by atoms with van der Waals surface area (Å²) in [5.74, 6) is -0.564. The van der Waals surface area contributed by atoms with E-state index in [1.807, 2.05) is 27.7 Å².